The highest BCUT2D eigenvalue weighted by Gasteiger charge is 2.31. The van der Waals surface area contributed by atoms with Crippen molar-refractivity contribution in [2.24, 2.45) is 5.16 Å². The smallest absolute Gasteiger partial charge is 0.275 e. The Hall–Kier alpha value is -4.66. The molecule has 164 valence electrons. The number of nitro benzene ring substituents is 1. The van der Waals surface area contributed by atoms with Gasteiger partial charge in [-0.2, -0.15) is 0 Å². The molecule has 5 rings (SSSR count). The van der Waals surface area contributed by atoms with Gasteiger partial charge in [0.15, 0.2) is 0 Å². The predicted molar refractivity (Wildman–Crippen MR) is 121 cm³/mol. The summed E-state index contributed by atoms with van der Waals surface area (Å²) in [6, 6.07) is 20.2. The van der Waals surface area contributed by atoms with Gasteiger partial charge in [-0.1, -0.05) is 47.6 Å². The van der Waals surface area contributed by atoms with Crippen LogP contribution in [0.4, 0.5) is 11.4 Å². The highest BCUT2D eigenvalue weighted by atomic mass is 16.6. The average molecular weight is 443 g/mol. The molecule has 9 nitrogen and oxygen atoms in total. The number of carbonyl (C=O) groups is 1. The van der Waals surface area contributed by atoms with E-state index in [4.69, 9.17) is 9.25 Å². The van der Waals surface area contributed by atoms with Crippen molar-refractivity contribution in [3.63, 3.8) is 0 Å². The zero-order valence-corrected chi connectivity index (χ0v) is 17.1. The van der Waals surface area contributed by atoms with Crippen LogP contribution in [-0.4, -0.2) is 27.8 Å². The first-order valence-corrected chi connectivity index (χ1v) is 10.1. The Bertz CT molecular complexity index is 1410. The Kier molecular flexibility index (Phi) is 4.98. The number of benzene rings is 3. The number of fused-ring (bicyclic) bond motifs is 1. The maximum absolute atomic E-state index is 12.9. The molecule has 1 amide bonds. The fraction of sp³-hybridized carbons (Fsp3) is 0.0833. The lowest BCUT2D eigenvalue weighted by Gasteiger charge is -2.10. The number of furan rings is 1. The zero-order chi connectivity index (χ0) is 22.9. The lowest BCUT2D eigenvalue weighted by atomic mass is 10.0. The average Bonchev–Trinajstić information content (AvgIpc) is 3.48. The molecule has 1 aromatic heterocycles. The molecule has 33 heavy (non-hydrogen) atoms. The Labute approximate surface area is 187 Å². The van der Waals surface area contributed by atoms with Gasteiger partial charge in [0, 0.05) is 29.0 Å². The molecule has 4 aromatic rings. The molecule has 2 N–H and O–H groups in total. The normalized spacial score (nSPS) is 15.2. The first-order valence-electron chi connectivity index (χ1n) is 10.1. The van der Waals surface area contributed by atoms with Gasteiger partial charge in [-0.25, -0.2) is 0 Å². The first kappa shape index (κ1) is 20.3. The summed E-state index contributed by atoms with van der Waals surface area (Å²) in [5.74, 6) is 0.0328. The van der Waals surface area contributed by atoms with Crippen molar-refractivity contribution in [1.82, 2.24) is 0 Å². The van der Waals surface area contributed by atoms with Gasteiger partial charge in [-0.15, -0.1) is 0 Å². The number of oxime groups is 1. The number of nitrogens with zero attached hydrogens (tertiary/aromatic N) is 2. The van der Waals surface area contributed by atoms with Crippen molar-refractivity contribution < 1.29 is 24.1 Å². The largest absolute Gasteiger partial charge is 0.507 e. The first-order chi connectivity index (χ1) is 16.0. The van der Waals surface area contributed by atoms with Crippen LogP contribution in [0.3, 0.4) is 0 Å². The van der Waals surface area contributed by atoms with Crippen LogP contribution in [0, 0.1) is 10.1 Å². The summed E-state index contributed by atoms with van der Waals surface area (Å²) in [7, 11) is 0. The minimum absolute atomic E-state index is 0.0353. The van der Waals surface area contributed by atoms with E-state index in [-0.39, 0.29) is 29.1 Å². The Morgan fingerprint density at radius 3 is 2.61 bits per heavy atom. The number of hydrogen-bond donors (Lipinski definition) is 2. The fourth-order valence-electron chi connectivity index (χ4n) is 3.69. The minimum atomic E-state index is -0.950. The third-order valence-corrected chi connectivity index (χ3v) is 5.33. The third-order valence-electron chi connectivity index (χ3n) is 5.33. The molecular formula is C24H17N3O6. The number of amides is 1. The number of hydrogen-bond acceptors (Lipinski definition) is 7. The highest BCUT2D eigenvalue weighted by Crippen LogP contribution is 2.36. The van der Waals surface area contributed by atoms with Crippen LogP contribution in [0.1, 0.15) is 12.0 Å². The van der Waals surface area contributed by atoms with Crippen molar-refractivity contribution in [3.8, 4) is 17.1 Å². The van der Waals surface area contributed by atoms with Gasteiger partial charge in [0.25, 0.3) is 11.6 Å². The van der Waals surface area contributed by atoms with Gasteiger partial charge in [-0.3, -0.25) is 14.9 Å². The lowest BCUT2D eigenvalue weighted by molar-refractivity contribution is -0.384. The number of non-ortho nitro benzene ring substituents is 1. The van der Waals surface area contributed by atoms with Crippen LogP contribution in [-0.2, 0) is 9.63 Å². The number of aromatic hydroxyl groups is 1. The third kappa shape index (κ3) is 3.87. The number of para-hydroxylation sites is 1. The molecule has 0 unspecified atom stereocenters. The molecule has 2 heterocycles. The van der Waals surface area contributed by atoms with Crippen molar-refractivity contribution in [2.75, 3.05) is 5.32 Å². The van der Waals surface area contributed by atoms with Crippen LogP contribution >= 0.6 is 0 Å². The van der Waals surface area contributed by atoms with E-state index in [2.05, 4.69) is 10.5 Å². The molecule has 1 aliphatic rings. The standard InChI is InChI=1S/C24H17N3O6/c28-20-9-5-4-8-16(20)19-13-23(33-26-19)24(29)25-18-10-15(27(30)31)11-22-17(18)12-21(32-22)14-6-2-1-3-7-14/h1-12,23,28H,13H2,(H,25,29)/t23-/m1/s1. The number of anilines is 1. The molecule has 0 aliphatic carbocycles. The zero-order valence-electron chi connectivity index (χ0n) is 17.1. The molecule has 0 spiro atoms. The van der Waals surface area contributed by atoms with Gasteiger partial charge in [0.05, 0.1) is 22.4 Å². The second kappa shape index (κ2) is 8.12. The number of rotatable bonds is 5. The molecule has 1 aliphatic heterocycles. The molecule has 0 saturated heterocycles. The van der Waals surface area contributed by atoms with E-state index in [1.807, 2.05) is 30.3 Å². The molecule has 0 radical (unpaired) electrons. The van der Waals surface area contributed by atoms with Gasteiger partial charge < -0.3 is 19.7 Å². The van der Waals surface area contributed by atoms with Crippen LogP contribution in [0.15, 0.2) is 82.4 Å². The summed E-state index contributed by atoms with van der Waals surface area (Å²) in [5, 5.41) is 28.6. The lowest BCUT2D eigenvalue weighted by Crippen LogP contribution is -2.28. The monoisotopic (exact) mass is 443 g/mol. The second-order valence-corrected chi connectivity index (χ2v) is 7.48. The van der Waals surface area contributed by atoms with E-state index in [9.17, 15) is 20.0 Å². The van der Waals surface area contributed by atoms with E-state index in [1.54, 1.807) is 24.3 Å². The van der Waals surface area contributed by atoms with Gasteiger partial charge in [-0.05, 0) is 18.2 Å². The number of phenolic OH excluding ortho intramolecular Hbond substituents is 1. The van der Waals surface area contributed by atoms with Crippen LogP contribution in [0.25, 0.3) is 22.3 Å². The van der Waals surface area contributed by atoms with Crippen molar-refractivity contribution in [1.29, 1.82) is 0 Å². The number of phenols is 1. The summed E-state index contributed by atoms with van der Waals surface area (Å²) in [6.45, 7) is 0. The van der Waals surface area contributed by atoms with Gasteiger partial charge in [0.1, 0.15) is 17.1 Å². The van der Waals surface area contributed by atoms with Gasteiger partial charge in [0.2, 0.25) is 6.10 Å². The van der Waals surface area contributed by atoms with Crippen molar-refractivity contribution in [2.45, 2.75) is 12.5 Å². The number of carbonyl (C=O) groups excluding carboxylic acids is 1. The van der Waals surface area contributed by atoms with Crippen LogP contribution < -0.4 is 5.32 Å². The fourth-order valence-corrected chi connectivity index (χ4v) is 3.69. The molecule has 0 bridgehead atoms. The van der Waals surface area contributed by atoms with E-state index < -0.39 is 16.9 Å². The molecule has 0 fully saturated rings. The number of nitrogens with one attached hydrogen (secondary N) is 1. The summed E-state index contributed by atoms with van der Waals surface area (Å²) < 4.78 is 5.84. The molecule has 3 aromatic carbocycles. The summed E-state index contributed by atoms with van der Waals surface area (Å²) in [4.78, 5) is 29.1. The predicted octanol–water partition coefficient (Wildman–Crippen LogP) is 4.85. The number of nitro groups is 1. The maximum Gasteiger partial charge on any atom is 0.275 e. The second-order valence-electron chi connectivity index (χ2n) is 7.48. The van der Waals surface area contributed by atoms with Gasteiger partial charge >= 0.3 is 0 Å². The van der Waals surface area contributed by atoms with Crippen molar-refractivity contribution >= 4 is 34.0 Å². The summed E-state index contributed by atoms with van der Waals surface area (Å²) in [5.41, 5.74) is 2.00. The molecule has 0 saturated carbocycles. The quantitative estimate of drug-likeness (QED) is 0.335. The SMILES string of the molecule is O=C(Nc1cc([N+](=O)[O-])cc2oc(-c3ccccc3)cc12)[C@H]1CC(c2ccccc2O)=NO1. The Morgan fingerprint density at radius 2 is 1.85 bits per heavy atom. The topological polar surface area (TPSA) is 127 Å². The van der Waals surface area contributed by atoms with E-state index >= 15 is 0 Å². The Balaban J connectivity index is 1.43. The Morgan fingerprint density at radius 1 is 1.09 bits per heavy atom. The van der Waals surface area contributed by atoms with E-state index in [0.29, 0.717) is 22.4 Å². The molecule has 1 atom stereocenters. The highest BCUT2D eigenvalue weighted by molar-refractivity contribution is 6.09. The van der Waals surface area contributed by atoms with Crippen molar-refractivity contribution in [3.05, 3.63) is 88.5 Å². The van der Waals surface area contributed by atoms with E-state index in [0.717, 1.165) is 5.56 Å². The molecule has 9 heteroatoms. The maximum atomic E-state index is 12.9. The van der Waals surface area contributed by atoms with E-state index in [1.165, 1.54) is 18.2 Å². The summed E-state index contributed by atoms with van der Waals surface area (Å²) in [6.07, 6.45) is -0.809. The van der Waals surface area contributed by atoms with Crippen LogP contribution in [0.5, 0.6) is 5.75 Å². The summed E-state index contributed by atoms with van der Waals surface area (Å²) >= 11 is 0. The minimum Gasteiger partial charge on any atom is -0.507 e. The van der Waals surface area contributed by atoms with Crippen LogP contribution in [0.2, 0.25) is 0 Å². The molecular weight excluding hydrogens is 426 g/mol.